The molecule has 2 aromatic carbocycles. The van der Waals surface area contributed by atoms with Gasteiger partial charge in [0.15, 0.2) is 0 Å². The molecule has 4 nitrogen and oxygen atoms in total. The molecule has 2 heterocycles. The quantitative estimate of drug-likeness (QED) is 0.343. The van der Waals surface area contributed by atoms with E-state index < -0.39 is 0 Å². The molecular weight excluding hydrogens is 468 g/mol. The lowest BCUT2D eigenvalue weighted by molar-refractivity contribution is -0.117. The third-order valence-corrected chi connectivity index (χ3v) is 9.12. The Balaban J connectivity index is 1.52. The van der Waals surface area contributed by atoms with Crippen LogP contribution in [0.5, 0.6) is 0 Å². The molecule has 3 aliphatic rings. The zero-order valence-electron chi connectivity index (χ0n) is 22.9. The molecule has 3 aromatic rings. The molecule has 1 aromatic heterocycles. The summed E-state index contributed by atoms with van der Waals surface area (Å²) in [7, 11) is 1.67. The number of fused-ring (bicyclic) bond motifs is 5. The zero-order chi connectivity index (χ0) is 26.2. The van der Waals surface area contributed by atoms with Crippen LogP contribution in [0.3, 0.4) is 0 Å². The van der Waals surface area contributed by atoms with E-state index in [1.54, 1.807) is 7.11 Å². The molecule has 1 amide bonds. The standard InChI is InChI=1S/C34H40N2O2/c1-22-13-15-29-27(17-22)18-28(34(37)35-20-24-9-7-8-10-24)21-36-31-19-26(23(2)38-3)14-16-30(31)32(33(29)36)25-11-5-4-6-12-25/h13-19,24-25H,2,4-12,20-21H2,1,3H3,(H,35,37). The summed E-state index contributed by atoms with van der Waals surface area (Å²) in [4.78, 5) is 13.7. The van der Waals surface area contributed by atoms with E-state index in [4.69, 9.17) is 4.74 Å². The van der Waals surface area contributed by atoms with Crippen molar-refractivity contribution < 1.29 is 9.53 Å². The number of hydrogen-bond acceptors (Lipinski definition) is 2. The number of ether oxygens (including phenoxy) is 1. The van der Waals surface area contributed by atoms with E-state index in [1.165, 1.54) is 91.1 Å². The summed E-state index contributed by atoms with van der Waals surface area (Å²) in [5.74, 6) is 1.88. The Bertz CT molecular complexity index is 1410. The van der Waals surface area contributed by atoms with Crippen LogP contribution in [0.25, 0.3) is 34.0 Å². The highest BCUT2D eigenvalue weighted by Crippen LogP contribution is 2.47. The Labute approximate surface area is 226 Å². The minimum atomic E-state index is 0.0655. The molecule has 2 aliphatic carbocycles. The second-order valence-electron chi connectivity index (χ2n) is 11.7. The average molecular weight is 509 g/mol. The van der Waals surface area contributed by atoms with Gasteiger partial charge in [0.2, 0.25) is 5.91 Å². The van der Waals surface area contributed by atoms with Crippen LogP contribution in [0.15, 0.2) is 48.6 Å². The topological polar surface area (TPSA) is 43.3 Å². The predicted molar refractivity (Wildman–Crippen MR) is 157 cm³/mol. The predicted octanol–water partition coefficient (Wildman–Crippen LogP) is 7.98. The zero-order valence-corrected chi connectivity index (χ0v) is 22.9. The maximum atomic E-state index is 13.7. The second-order valence-corrected chi connectivity index (χ2v) is 11.7. The number of amides is 1. The number of rotatable bonds is 6. The van der Waals surface area contributed by atoms with Gasteiger partial charge in [-0.1, -0.05) is 74.6 Å². The molecule has 38 heavy (non-hydrogen) atoms. The summed E-state index contributed by atoms with van der Waals surface area (Å²) in [6, 6.07) is 13.3. The number of carbonyl (C=O) groups excluding carboxylic acids is 1. The second kappa shape index (κ2) is 10.5. The molecule has 4 heteroatoms. The molecule has 2 fully saturated rings. The van der Waals surface area contributed by atoms with Gasteiger partial charge in [-0.2, -0.15) is 0 Å². The number of aryl methyl sites for hydroxylation is 1. The van der Waals surface area contributed by atoms with Crippen LogP contribution in [0.2, 0.25) is 0 Å². The van der Waals surface area contributed by atoms with Gasteiger partial charge in [-0.3, -0.25) is 4.79 Å². The molecule has 0 saturated heterocycles. The van der Waals surface area contributed by atoms with E-state index in [0.717, 1.165) is 23.2 Å². The van der Waals surface area contributed by atoms with Crippen molar-refractivity contribution in [1.29, 1.82) is 0 Å². The number of carbonyl (C=O) groups is 1. The van der Waals surface area contributed by atoms with Crippen molar-refractivity contribution in [3.05, 3.63) is 70.8 Å². The largest absolute Gasteiger partial charge is 0.497 e. The number of nitrogens with zero attached hydrogens (tertiary/aromatic N) is 1. The Kier molecular flexibility index (Phi) is 6.90. The van der Waals surface area contributed by atoms with Gasteiger partial charge in [0, 0.05) is 34.1 Å². The number of benzene rings is 2. The monoisotopic (exact) mass is 508 g/mol. The maximum absolute atomic E-state index is 13.7. The molecule has 0 atom stereocenters. The number of hydrogen-bond donors (Lipinski definition) is 1. The third kappa shape index (κ3) is 4.59. The third-order valence-electron chi connectivity index (χ3n) is 9.12. The fraction of sp³-hybridized carbons (Fsp3) is 0.441. The first-order chi connectivity index (χ1) is 18.5. The first kappa shape index (κ1) is 25.0. The minimum absolute atomic E-state index is 0.0655. The number of methoxy groups -OCH3 is 1. The Hall–Kier alpha value is -3.27. The Morgan fingerprint density at radius 1 is 1.03 bits per heavy atom. The van der Waals surface area contributed by atoms with E-state index >= 15 is 0 Å². The van der Waals surface area contributed by atoms with Crippen LogP contribution >= 0.6 is 0 Å². The van der Waals surface area contributed by atoms with Gasteiger partial charge in [0.1, 0.15) is 5.76 Å². The van der Waals surface area contributed by atoms with Gasteiger partial charge >= 0.3 is 0 Å². The molecule has 0 unspecified atom stereocenters. The maximum Gasteiger partial charge on any atom is 0.249 e. The fourth-order valence-electron chi connectivity index (χ4n) is 7.05. The van der Waals surface area contributed by atoms with Crippen molar-refractivity contribution in [2.45, 2.75) is 77.2 Å². The summed E-state index contributed by atoms with van der Waals surface area (Å²) in [6.07, 6.45) is 13.5. The number of aromatic nitrogens is 1. The van der Waals surface area contributed by atoms with E-state index in [0.29, 0.717) is 24.1 Å². The number of nitrogens with one attached hydrogen (secondary N) is 1. The lowest BCUT2D eigenvalue weighted by Crippen LogP contribution is -2.30. The van der Waals surface area contributed by atoms with Gasteiger partial charge in [-0.25, -0.2) is 0 Å². The first-order valence-corrected chi connectivity index (χ1v) is 14.5. The Morgan fingerprint density at radius 2 is 1.79 bits per heavy atom. The van der Waals surface area contributed by atoms with Gasteiger partial charge < -0.3 is 14.6 Å². The summed E-state index contributed by atoms with van der Waals surface area (Å²) in [6.45, 7) is 7.60. The van der Waals surface area contributed by atoms with Gasteiger partial charge in [-0.15, -0.1) is 0 Å². The van der Waals surface area contributed by atoms with E-state index in [-0.39, 0.29) is 5.91 Å². The van der Waals surface area contributed by atoms with Crippen molar-refractivity contribution in [2.75, 3.05) is 13.7 Å². The summed E-state index contributed by atoms with van der Waals surface area (Å²) in [5, 5.41) is 4.60. The molecular formula is C34H40N2O2. The van der Waals surface area contributed by atoms with Crippen molar-refractivity contribution in [2.24, 2.45) is 5.92 Å². The van der Waals surface area contributed by atoms with Crippen molar-refractivity contribution in [3.63, 3.8) is 0 Å². The molecule has 0 bridgehead atoms. The molecule has 2 saturated carbocycles. The van der Waals surface area contributed by atoms with Gasteiger partial charge in [0.25, 0.3) is 0 Å². The fourth-order valence-corrected chi connectivity index (χ4v) is 7.05. The summed E-state index contributed by atoms with van der Waals surface area (Å²) >= 11 is 0. The highest BCUT2D eigenvalue weighted by molar-refractivity contribution is 6.02. The lowest BCUT2D eigenvalue weighted by atomic mass is 9.81. The highest BCUT2D eigenvalue weighted by atomic mass is 16.5. The molecule has 198 valence electrons. The van der Waals surface area contributed by atoms with E-state index in [2.05, 4.69) is 65.9 Å². The average Bonchev–Trinajstić information content (AvgIpc) is 3.53. The molecule has 0 radical (unpaired) electrons. The molecule has 6 rings (SSSR count). The highest BCUT2D eigenvalue weighted by Gasteiger charge is 2.30. The van der Waals surface area contributed by atoms with Crippen LogP contribution in [0, 0.1) is 12.8 Å². The normalized spacial score (nSPS) is 18.0. The van der Waals surface area contributed by atoms with Crippen LogP contribution in [-0.4, -0.2) is 24.1 Å². The van der Waals surface area contributed by atoms with Crippen molar-refractivity contribution in [3.8, 4) is 11.3 Å². The molecule has 0 spiro atoms. The van der Waals surface area contributed by atoms with Crippen LogP contribution in [-0.2, 0) is 16.1 Å². The molecule has 1 N–H and O–H groups in total. The lowest BCUT2D eigenvalue weighted by Gasteiger charge is -2.24. The summed E-state index contributed by atoms with van der Waals surface area (Å²) < 4.78 is 7.92. The first-order valence-electron chi connectivity index (χ1n) is 14.5. The SMILES string of the molecule is C=C(OC)c1ccc2c(C3CCCCC3)c3n(c2c1)CC(C(=O)NCC1CCCC1)=Cc1cc(C)ccc1-3. The molecule has 1 aliphatic heterocycles. The Morgan fingerprint density at radius 3 is 2.55 bits per heavy atom. The smallest absolute Gasteiger partial charge is 0.249 e. The van der Waals surface area contributed by atoms with Gasteiger partial charge in [0.05, 0.1) is 19.3 Å². The van der Waals surface area contributed by atoms with Crippen molar-refractivity contribution in [1.82, 2.24) is 9.88 Å². The van der Waals surface area contributed by atoms with E-state index in [9.17, 15) is 4.79 Å². The van der Waals surface area contributed by atoms with Crippen molar-refractivity contribution >= 4 is 28.6 Å². The minimum Gasteiger partial charge on any atom is -0.497 e. The van der Waals surface area contributed by atoms with E-state index in [1.807, 2.05) is 0 Å². The van der Waals surface area contributed by atoms with Crippen LogP contribution in [0.1, 0.15) is 86.0 Å². The summed E-state index contributed by atoms with van der Waals surface area (Å²) in [5.41, 5.74) is 9.33. The van der Waals surface area contributed by atoms with Crippen LogP contribution in [0.4, 0.5) is 0 Å². The van der Waals surface area contributed by atoms with Crippen LogP contribution < -0.4 is 5.32 Å². The van der Waals surface area contributed by atoms with Gasteiger partial charge in [-0.05, 0) is 67.7 Å².